The van der Waals surface area contributed by atoms with Gasteiger partial charge in [-0.05, 0) is 55.0 Å². The van der Waals surface area contributed by atoms with Gasteiger partial charge >= 0.3 is 10.1 Å². The van der Waals surface area contributed by atoms with E-state index in [2.05, 4.69) is 0 Å². The Morgan fingerprint density at radius 3 is 2.47 bits per heavy atom. The van der Waals surface area contributed by atoms with E-state index in [1.165, 1.54) is 60.4 Å². The molecule has 1 amide bonds. The van der Waals surface area contributed by atoms with Gasteiger partial charge in [0.05, 0.1) is 20.5 Å². The van der Waals surface area contributed by atoms with Gasteiger partial charge in [-0.15, -0.1) is 0 Å². The maximum absolute atomic E-state index is 13.5. The van der Waals surface area contributed by atoms with Crippen molar-refractivity contribution < 1.29 is 26.7 Å². The van der Waals surface area contributed by atoms with Gasteiger partial charge in [0.15, 0.2) is 4.32 Å². The van der Waals surface area contributed by atoms with E-state index in [0.29, 0.717) is 21.7 Å². The lowest BCUT2D eigenvalue weighted by molar-refractivity contribution is -0.385. The van der Waals surface area contributed by atoms with Crippen molar-refractivity contribution in [1.82, 2.24) is 0 Å². The molecule has 1 heterocycles. The normalized spacial score (nSPS) is 15.0. The minimum absolute atomic E-state index is 0.0242. The van der Waals surface area contributed by atoms with Gasteiger partial charge in [-0.2, -0.15) is 8.42 Å². The number of nitrogens with zero attached hydrogens (tertiary/aromatic N) is 2. The number of hydrogen-bond donors (Lipinski definition) is 0. The van der Waals surface area contributed by atoms with Gasteiger partial charge in [-0.3, -0.25) is 19.8 Å². The molecule has 184 valence electrons. The summed E-state index contributed by atoms with van der Waals surface area (Å²) >= 11 is 12.2. The topological polar surface area (TPSA) is 107 Å². The molecule has 0 radical (unpaired) electrons. The number of aryl methyl sites for hydroxylation is 1. The van der Waals surface area contributed by atoms with E-state index in [4.69, 9.17) is 28.0 Å². The second kappa shape index (κ2) is 9.97. The highest BCUT2D eigenvalue weighted by Crippen LogP contribution is 2.37. The summed E-state index contributed by atoms with van der Waals surface area (Å²) in [5.41, 5.74) is 0.868. The van der Waals surface area contributed by atoms with Crippen LogP contribution >= 0.6 is 35.6 Å². The lowest BCUT2D eigenvalue weighted by atomic mass is 10.2. The number of carbonyl (C=O) groups is 1. The molecule has 0 aliphatic carbocycles. The highest BCUT2D eigenvalue weighted by Gasteiger charge is 2.33. The smallest absolute Gasteiger partial charge is 0.339 e. The number of amides is 1. The third-order valence-corrected chi connectivity index (χ3v) is 7.84. The molecule has 8 nitrogen and oxygen atoms in total. The van der Waals surface area contributed by atoms with Crippen molar-refractivity contribution in [1.29, 1.82) is 0 Å². The average Bonchev–Trinajstić information content (AvgIpc) is 3.09. The molecule has 0 bridgehead atoms. The van der Waals surface area contributed by atoms with Gasteiger partial charge in [-0.25, -0.2) is 4.39 Å². The zero-order chi connectivity index (χ0) is 26.2. The van der Waals surface area contributed by atoms with Crippen LogP contribution in [0.15, 0.2) is 70.5 Å². The molecule has 1 aliphatic heterocycles. The Bertz CT molecular complexity index is 1560. The number of anilines is 1. The predicted molar refractivity (Wildman–Crippen MR) is 139 cm³/mol. The number of nitro benzene ring substituents is 1. The molecule has 0 spiro atoms. The Balaban J connectivity index is 1.53. The van der Waals surface area contributed by atoms with Gasteiger partial charge in [0.25, 0.3) is 11.6 Å². The predicted octanol–water partition coefficient (Wildman–Crippen LogP) is 5.87. The summed E-state index contributed by atoms with van der Waals surface area (Å²) in [4.78, 5) is 24.5. The number of thiocarbonyl (C=S) groups is 1. The molecule has 1 fully saturated rings. The lowest BCUT2D eigenvalue weighted by Crippen LogP contribution is -2.27. The number of thioether (sulfide) groups is 1. The monoisotopic (exact) mass is 564 g/mol. The molecule has 0 atom stereocenters. The van der Waals surface area contributed by atoms with Gasteiger partial charge in [0.1, 0.15) is 16.5 Å². The zero-order valence-electron chi connectivity index (χ0n) is 18.2. The number of carbonyl (C=O) groups excluding carboxylic acids is 1. The summed E-state index contributed by atoms with van der Waals surface area (Å²) in [5, 5.41) is 11.0. The van der Waals surface area contributed by atoms with E-state index in [1.807, 2.05) is 0 Å². The second-order valence-corrected chi connectivity index (χ2v) is 11.1. The Morgan fingerprint density at radius 2 is 1.83 bits per heavy atom. The van der Waals surface area contributed by atoms with E-state index in [-0.39, 0.29) is 25.7 Å². The Labute approximate surface area is 219 Å². The van der Waals surface area contributed by atoms with Crippen molar-refractivity contribution in [3.05, 3.63) is 97.6 Å². The van der Waals surface area contributed by atoms with Crippen LogP contribution in [0.3, 0.4) is 0 Å². The average molecular weight is 565 g/mol. The van der Waals surface area contributed by atoms with Crippen LogP contribution in [0.4, 0.5) is 15.8 Å². The van der Waals surface area contributed by atoms with Crippen LogP contribution in [0.5, 0.6) is 5.75 Å². The first kappa shape index (κ1) is 25.8. The Hall–Kier alpha value is -3.32. The van der Waals surface area contributed by atoms with Crippen molar-refractivity contribution in [2.24, 2.45) is 0 Å². The third kappa shape index (κ3) is 5.26. The van der Waals surface area contributed by atoms with Crippen molar-refractivity contribution in [2.45, 2.75) is 11.8 Å². The minimum atomic E-state index is -4.32. The fraction of sp³-hybridized carbons (Fsp3) is 0.0435. The molecule has 3 aromatic carbocycles. The van der Waals surface area contributed by atoms with Crippen LogP contribution in [0.1, 0.15) is 11.1 Å². The SMILES string of the molecule is Cc1ccc(S(=O)(=O)Oc2ccc(/C=C3\SC(=S)N(c4ccc(F)c(Cl)c4)C3=O)cc2)cc1[N+](=O)[O-]. The summed E-state index contributed by atoms with van der Waals surface area (Å²) in [5.74, 6) is -1.06. The van der Waals surface area contributed by atoms with E-state index < -0.39 is 26.8 Å². The standard InChI is InChI=1S/C23H14ClFN2O6S3/c1-13-2-8-17(12-20(13)27(29)30)36(31,32)33-16-6-3-14(4-7-16)10-21-22(28)26(23(34)35-21)15-5-9-19(25)18(24)11-15/h2-12H,1H3/b21-10-. The fourth-order valence-corrected chi connectivity index (χ4v) is 5.63. The molecule has 4 rings (SSSR count). The van der Waals surface area contributed by atoms with Gasteiger partial charge in [-0.1, -0.05) is 53.8 Å². The quantitative estimate of drug-likeness (QED) is 0.120. The first-order valence-electron chi connectivity index (χ1n) is 9.99. The van der Waals surface area contributed by atoms with E-state index in [9.17, 15) is 27.7 Å². The second-order valence-electron chi connectivity index (χ2n) is 7.43. The fourth-order valence-electron chi connectivity index (χ4n) is 3.20. The molecule has 13 heteroatoms. The van der Waals surface area contributed by atoms with Crippen molar-refractivity contribution in [3.8, 4) is 5.75 Å². The van der Waals surface area contributed by atoms with E-state index >= 15 is 0 Å². The summed E-state index contributed by atoms with van der Waals surface area (Å²) in [6, 6.07) is 13.2. The number of nitro groups is 1. The molecule has 0 aromatic heterocycles. The molecule has 1 aliphatic rings. The number of hydrogen-bond acceptors (Lipinski definition) is 8. The highest BCUT2D eigenvalue weighted by atomic mass is 35.5. The number of halogens is 2. The van der Waals surface area contributed by atoms with Crippen LogP contribution in [0.25, 0.3) is 6.08 Å². The molecule has 3 aromatic rings. The molecular formula is C23H14ClFN2O6S3. The number of rotatable bonds is 6. The molecule has 36 heavy (non-hydrogen) atoms. The Kier molecular flexibility index (Phi) is 7.14. The molecule has 0 N–H and O–H groups in total. The van der Waals surface area contributed by atoms with Crippen LogP contribution < -0.4 is 9.08 Å². The largest absolute Gasteiger partial charge is 0.379 e. The summed E-state index contributed by atoms with van der Waals surface area (Å²) in [6.07, 6.45) is 1.56. The van der Waals surface area contributed by atoms with Crippen molar-refractivity contribution in [3.63, 3.8) is 0 Å². The third-order valence-electron chi connectivity index (χ3n) is 5.00. The molecule has 0 unspecified atom stereocenters. The van der Waals surface area contributed by atoms with Gasteiger partial charge in [0.2, 0.25) is 0 Å². The van der Waals surface area contributed by atoms with Gasteiger partial charge < -0.3 is 4.18 Å². The van der Waals surface area contributed by atoms with Crippen molar-refractivity contribution in [2.75, 3.05) is 4.90 Å². The summed E-state index contributed by atoms with van der Waals surface area (Å²) in [6.45, 7) is 1.50. The van der Waals surface area contributed by atoms with Crippen LogP contribution in [-0.2, 0) is 14.9 Å². The summed E-state index contributed by atoms with van der Waals surface area (Å²) < 4.78 is 44.0. The molecule has 1 saturated heterocycles. The zero-order valence-corrected chi connectivity index (χ0v) is 21.4. The van der Waals surface area contributed by atoms with Crippen molar-refractivity contribution >= 4 is 73.4 Å². The summed E-state index contributed by atoms with van der Waals surface area (Å²) in [7, 11) is -4.32. The maximum Gasteiger partial charge on any atom is 0.339 e. The van der Waals surface area contributed by atoms with Crippen LogP contribution in [0, 0.1) is 22.9 Å². The first-order valence-corrected chi connectivity index (χ1v) is 13.0. The minimum Gasteiger partial charge on any atom is -0.379 e. The molecule has 0 saturated carbocycles. The Morgan fingerprint density at radius 1 is 1.14 bits per heavy atom. The van der Waals surface area contributed by atoms with E-state index in [1.54, 1.807) is 6.08 Å². The van der Waals surface area contributed by atoms with Gasteiger partial charge in [0, 0.05) is 11.6 Å². The maximum atomic E-state index is 13.5. The lowest BCUT2D eigenvalue weighted by Gasteiger charge is -2.14. The first-order chi connectivity index (χ1) is 17.0. The van der Waals surface area contributed by atoms with Crippen LogP contribution in [0.2, 0.25) is 5.02 Å². The number of benzene rings is 3. The van der Waals surface area contributed by atoms with E-state index in [0.717, 1.165) is 23.9 Å². The van der Waals surface area contributed by atoms with Crippen LogP contribution in [-0.4, -0.2) is 23.6 Å². The molecular weight excluding hydrogens is 551 g/mol. The highest BCUT2D eigenvalue weighted by molar-refractivity contribution is 8.27.